The van der Waals surface area contributed by atoms with Crippen LogP contribution in [-0.2, 0) is 11.8 Å². The maximum absolute atomic E-state index is 5.49. The largest absolute Gasteiger partial charge is 0.497 e. The molecule has 1 aliphatic carbocycles. The van der Waals surface area contributed by atoms with E-state index >= 15 is 0 Å². The molecule has 0 aromatic heterocycles. The number of fused-ring (bicyclic) bond motifs is 2. The van der Waals surface area contributed by atoms with E-state index in [2.05, 4.69) is 88.7 Å². The fraction of sp³-hybridized carbons (Fsp3) is 0.519. The second-order valence-corrected chi connectivity index (χ2v) is 10.3. The molecule has 29 heavy (non-hydrogen) atoms. The minimum absolute atomic E-state index is 0.0795. The summed E-state index contributed by atoms with van der Waals surface area (Å²) in [6, 6.07) is 13.6. The summed E-state index contributed by atoms with van der Waals surface area (Å²) in [5, 5.41) is 0. The highest BCUT2D eigenvalue weighted by molar-refractivity contribution is 5.76. The number of rotatable bonds is 4. The Labute approximate surface area is 176 Å². The molecule has 0 N–H and O–H groups in total. The van der Waals surface area contributed by atoms with Crippen LogP contribution in [0.2, 0.25) is 0 Å². The summed E-state index contributed by atoms with van der Waals surface area (Å²) in [6.45, 7) is 14.1. The van der Waals surface area contributed by atoms with Gasteiger partial charge < -0.3 is 4.74 Å². The van der Waals surface area contributed by atoms with E-state index in [1.807, 2.05) is 0 Å². The van der Waals surface area contributed by atoms with Crippen molar-refractivity contribution in [3.05, 3.63) is 58.7 Å². The molecular weight excluding hydrogens is 354 g/mol. The number of nitrogens with zero attached hydrogens (tertiary/aromatic N) is 1. The molecule has 1 heterocycles. The van der Waals surface area contributed by atoms with Gasteiger partial charge in [0.25, 0.3) is 0 Å². The van der Waals surface area contributed by atoms with Crippen LogP contribution in [-0.4, -0.2) is 23.4 Å². The number of hydrogen-bond acceptors (Lipinski definition) is 1. The highest BCUT2D eigenvalue weighted by atomic mass is 16.5. The van der Waals surface area contributed by atoms with Crippen molar-refractivity contribution in [2.45, 2.75) is 83.6 Å². The van der Waals surface area contributed by atoms with Crippen LogP contribution in [0.4, 0.5) is 5.69 Å². The van der Waals surface area contributed by atoms with Gasteiger partial charge in [-0.3, -0.25) is 0 Å². The predicted octanol–water partition coefficient (Wildman–Crippen LogP) is 6.72. The highest BCUT2D eigenvalue weighted by Gasteiger charge is 2.55. The van der Waals surface area contributed by atoms with Gasteiger partial charge in [-0.25, -0.2) is 0 Å². The minimum Gasteiger partial charge on any atom is -0.497 e. The number of ether oxygens (including phenoxy) is 1. The van der Waals surface area contributed by atoms with Gasteiger partial charge in [0.05, 0.1) is 12.5 Å². The van der Waals surface area contributed by atoms with E-state index in [0.717, 1.165) is 18.6 Å². The Hall–Kier alpha value is -2.09. The second kappa shape index (κ2) is 7.00. The van der Waals surface area contributed by atoms with Gasteiger partial charge in [0.2, 0.25) is 5.69 Å². The third kappa shape index (κ3) is 3.21. The molecule has 2 aromatic carbocycles. The van der Waals surface area contributed by atoms with Crippen molar-refractivity contribution in [3.8, 4) is 5.75 Å². The van der Waals surface area contributed by atoms with Crippen LogP contribution in [0.3, 0.4) is 0 Å². The fourth-order valence-electron chi connectivity index (χ4n) is 5.68. The lowest BCUT2D eigenvalue weighted by Crippen LogP contribution is -2.31. The molecule has 2 nitrogen and oxygen atoms in total. The maximum Gasteiger partial charge on any atom is 0.212 e. The number of hydrogen-bond donors (Lipinski definition) is 0. The molecule has 2 aromatic rings. The highest BCUT2D eigenvalue weighted by Crippen LogP contribution is 2.51. The SMILES string of the molecule is COc1ccc2c(c1)CC[C@]21C=[N+](c2c(C(C)C)cccc2C(C)C)C(C)(C)C1. The van der Waals surface area contributed by atoms with Crippen molar-refractivity contribution in [1.29, 1.82) is 0 Å². The monoisotopic (exact) mass is 390 g/mol. The fourth-order valence-corrected chi connectivity index (χ4v) is 5.68. The summed E-state index contributed by atoms with van der Waals surface area (Å²) in [5.74, 6) is 1.98. The predicted molar refractivity (Wildman–Crippen MR) is 122 cm³/mol. The lowest BCUT2D eigenvalue weighted by Gasteiger charge is -2.24. The maximum atomic E-state index is 5.49. The van der Waals surface area contributed by atoms with Crippen LogP contribution in [0, 0.1) is 0 Å². The molecule has 4 rings (SSSR count). The molecule has 0 bridgehead atoms. The van der Waals surface area contributed by atoms with E-state index in [1.165, 1.54) is 34.4 Å². The van der Waals surface area contributed by atoms with E-state index in [0.29, 0.717) is 11.8 Å². The van der Waals surface area contributed by atoms with Gasteiger partial charge in [-0.2, -0.15) is 4.58 Å². The van der Waals surface area contributed by atoms with Crippen LogP contribution in [0.1, 0.15) is 88.5 Å². The Morgan fingerprint density at radius 2 is 1.62 bits per heavy atom. The first-order chi connectivity index (χ1) is 13.7. The van der Waals surface area contributed by atoms with Crippen molar-refractivity contribution in [3.63, 3.8) is 0 Å². The van der Waals surface area contributed by atoms with Crippen LogP contribution in [0.5, 0.6) is 5.75 Å². The number of para-hydroxylation sites is 1. The summed E-state index contributed by atoms with van der Waals surface area (Å²) >= 11 is 0. The van der Waals surface area contributed by atoms with Gasteiger partial charge in [-0.05, 0) is 47.9 Å². The first-order valence-electron chi connectivity index (χ1n) is 11.1. The van der Waals surface area contributed by atoms with Crippen LogP contribution in [0.15, 0.2) is 36.4 Å². The van der Waals surface area contributed by atoms with Gasteiger partial charge in [0, 0.05) is 31.4 Å². The Bertz CT molecular complexity index is 940. The molecule has 0 unspecified atom stereocenters. The standard InChI is InChI=1S/C27H36NO/c1-18(2)22-9-8-10-23(19(3)4)25(22)28-17-27(16-26(28,5)6)14-13-20-15-21(29-7)11-12-24(20)27/h8-12,15,17-19H,13-14,16H2,1-7H3/q+1/t27-/m0/s1. The molecular formula is C27H36NO+. The molecule has 0 saturated carbocycles. The molecule has 1 atom stereocenters. The molecule has 0 amide bonds. The quantitative estimate of drug-likeness (QED) is 0.528. The minimum atomic E-state index is 0.0795. The van der Waals surface area contributed by atoms with Gasteiger partial charge in [0.1, 0.15) is 5.75 Å². The first-order valence-corrected chi connectivity index (χ1v) is 11.1. The third-order valence-corrected chi connectivity index (χ3v) is 7.05. The number of methoxy groups -OCH3 is 1. The van der Waals surface area contributed by atoms with Crippen molar-refractivity contribution in [2.24, 2.45) is 0 Å². The number of aryl methyl sites for hydroxylation is 1. The van der Waals surface area contributed by atoms with E-state index in [4.69, 9.17) is 4.74 Å². The average Bonchev–Trinajstić information content (AvgIpc) is 3.16. The van der Waals surface area contributed by atoms with Gasteiger partial charge in [-0.15, -0.1) is 0 Å². The van der Waals surface area contributed by atoms with E-state index < -0.39 is 0 Å². The number of benzene rings is 2. The Kier molecular flexibility index (Phi) is 4.88. The van der Waals surface area contributed by atoms with Crippen molar-refractivity contribution >= 4 is 11.9 Å². The van der Waals surface area contributed by atoms with Crippen LogP contribution < -0.4 is 4.74 Å². The normalized spacial score (nSPS) is 22.4. The van der Waals surface area contributed by atoms with Crippen LogP contribution in [0.25, 0.3) is 0 Å². The summed E-state index contributed by atoms with van der Waals surface area (Å²) in [6.07, 6.45) is 6.06. The summed E-state index contributed by atoms with van der Waals surface area (Å²) in [7, 11) is 1.76. The summed E-state index contributed by atoms with van der Waals surface area (Å²) in [5.41, 5.74) is 7.54. The summed E-state index contributed by atoms with van der Waals surface area (Å²) in [4.78, 5) is 0. The van der Waals surface area contributed by atoms with E-state index in [1.54, 1.807) is 7.11 Å². The lowest BCUT2D eigenvalue weighted by atomic mass is 9.77. The lowest BCUT2D eigenvalue weighted by molar-refractivity contribution is -0.513. The van der Waals surface area contributed by atoms with Gasteiger partial charge in [-0.1, -0.05) is 52.0 Å². The van der Waals surface area contributed by atoms with Gasteiger partial charge in [0.15, 0.2) is 11.8 Å². The Balaban J connectivity index is 1.91. The van der Waals surface area contributed by atoms with Crippen molar-refractivity contribution in [1.82, 2.24) is 0 Å². The molecule has 2 heteroatoms. The molecule has 1 spiro atoms. The van der Waals surface area contributed by atoms with E-state index in [9.17, 15) is 0 Å². The third-order valence-electron chi connectivity index (χ3n) is 7.05. The summed E-state index contributed by atoms with van der Waals surface area (Å²) < 4.78 is 8.12. The Morgan fingerprint density at radius 1 is 0.966 bits per heavy atom. The first kappa shape index (κ1) is 20.2. The molecule has 0 saturated heterocycles. The average molecular weight is 391 g/mol. The van der Waals surface area contributed by atoms with Crippen LogP contribution >= 0.6 is 0 Å². The molecule has 1 aliphatic heterocycles. The van der Waals surface area contributed by atoms with E-state index in [-0.39, 0.29) is 11.0 Å². The van der Waals surface area contributed by atoms with Gasteiger partial charge >= 0.3 is 0 Å². The zero-order valence-electron chi connectivity index (χ0n) is 19.2. The zero-order chi connectivity index (χ0) is 21.0. The topological polar surface area (TPSA) is 12.2 Å². The van der Waals surface area contributed by atoms with Crippen molar-refractivity contribution in [2.75, 3.05) is 7.11 Å². The van der Waals surface area contributed by atoms with Crippen molar-refractivity contribution < 1.29 is 9.31 Å². The molecule has 154 valence electrons. The zero-order valence-corrected chi connectivity index (χ0v) is 19.2. The smallest absolute Gasteiger partial charge is 0.212 e. The Morgan fingerprint density at radius 3 is 2.21 bits per heavy atom. The second-order valence-electron chi connectivity index (χ2n) is 10.3. The molecule has 0 radical (unpaired) electrons. The molecule has 2 aliphatic rings. The molecule has 0 fully saturated rings.